The van der Waals surface area contributed by atoms with Crippen molar-refractivity contribution in [1.29, 1.82) is 0 Å². The molecule has 5 nitrogen and oxygen atoms in total. The molecule has 1 N–H and O–H groups in total. The van der Waals surface area contributed by atoms with E-state index in [2.05, 4.69) is 10.2 Å². The summed E-state index contributed by atoms with van der Waals surface area (Å²) in [5, 5.41) is 3.47. The molecule has 0 saturated carbocycles. The van der Waals surface area contributed by atoms with E-state index >= 15 is 0 Å². The second-order valence-corrected chi connectivity index (χ2v) is 7.64. The molecule has 2 aromatic carbocycles. The molecule has 2 amide bonds. The summed E-state index contributed by atoms with van der Waals surface area (Å²) in [7, 11) is 0. The van der Waals surface area contributed by atoms with Crippen LogP contribution in [-0.2, 0) is 9.59 Å². The average molecular weight is 418 g/mol. The van der Waals surface area contributed by atoms with Gasteiger partial charge in [-0.2, -0.15) is 0 Å². The Labute approximate surface area is 175 Å². The summed E-state index contributed by atoms with van der Waals surface area (Å²) in [6, 6.07) is 13.2. The van der Waals surface area contributed by atoms with Crippen LogP contribution in [0, 0.1) is 5.82 Å². The largest absolute Gasteiger partial charge is 0.370 e. The van der Waals surface area contributed by atoms with Crippen LogP contribution in [0.2, 0.25) is 5.02 Å². The van der Waals surface area contributed by atoms with Crippen LogP contribution in [0.15, 0.2) is 48.5 Å². The predicted octanol–water partition coefficient (Wildman–Crippen LogP) is 3.79. The summed E-state index contributed by atoms with van der Waals surface area (Å²) in [5.41, 5.74) is 1.80. The Kier molecular flexibility index (Phi) is 7.09. The quantitative estimate of drug-likeness (QED) is 0.805. The molecule has 1 aliphatic rings. The van der Waals surface area contributed by atoms with Gasteiger partial charge in [-0.15, -0.1) is 0 Å². The minimum atomic E-state index is -0.395. The first kappa shape index (κ1) is 21.1. The predicted molar refractivity (Wildman–Crippen MR) is 112 cm³/mol. The number of anilines is 1. The number of carbonyl (C=O) groups excluding carboxylic acids is 2. The van der Waals surface area contributed by atoms with E-state index in [0.29, 0.717) is 24.7 Å². The van der Waals surface area contributed by atoms with E-state index in [9.17, 15) is 14.0 Å². The van der Waals surface area contributed by atoms with Crippen LogP contribution in [0.5, 0.6) is 0 Å². The first-order valence-corrected chi connectivity index (χ1v) is 10.1. The molecule has 0 aromatic heterocycles. The summed E-state index contributed by atoms with van der Waals surface area (Å²) in [6.07, 6.45) is 1.02. The van der Waals surface area contributed by atoms with E-state index in [1.807, 2.05) is 17.0 Å². The van der Waals surface area contributed by atoms with E-state index in [4.69, 9.17) is 11.6 Å². The summed E-state index contributed by atoms with van der Waals surface area (Å²) < 4.78 is 13.2. The molecular weight excluding hydrogens is 393 g/mol. The van der Waals surface area contributed by atoms with Gasteiger partial charge in [0.1, 0.15) is 5.82 Å². The zero-order valence-corrected chi connectivity index (χ0v) is 17.2. The second kappa shape index (κ2) is 9.74. The molecule has 1 heterocycles. The molecule has 154 valence electrons. The number of rotatable bonds is 5. The number of halogens is 2. The van der Waals surface area contributed by atoms with E-state index in [1.54, 1.807) is 24.3 Å². The molecule has 7 heteroatoms. The van der Waals surface area contributed by atoms with E-state index < -0.39 is 6.04 Å². The molecule has 0 spiro atoms. The third kappa shape index (κ3) is 5.94. The average Bonchev–Trinajstić information content (AvgIpc) is 2.95. The minimum Gasteiger partial charge on any atom is -0.370 e. The van der Waals surface area contributed by atoms with Gasteiger partial charge in [0.2, 0.25) is 11.8 Å². The molecule has 0 radical (unpaired) electrons. The molecule has 1 saturated heterocycles. The number of hydrogen-bond acceptors (Lipinski definition) is 3. The zero-order valence-electron chi connectivity index (χ0n) is 16.4. The van der Waals surface area contributed by atoms with Crippen LogP contribution in [0.4, 0.5) is 10.1 Å². The molecular formula is C22H25ClFN3O2. The molecule has 1 fully saturated rings. The van der Waals surface area contributed by atoms with E-state index in [1.165, 1.54) is 19.1 Å². The highest BCUT2D eigenvalue weighted by Crippen LogP contribution is 2.22. The van der Waals surface area contributed by atoms with Crippen molar-refractivity contribution in [3.05, 3.63) is 64.9 Å². The van der Waals surface area contributed by atoms with Gasteiger partial charge in [-0.25, -0.2) is 4.39 Å². The smallest absolute Gasteiger partial charge is 0.225 e. The Hall–Kier alpha value is -2.60. The lowest BCUT2D eigenvalue weighted by Gasteiger charge is -2.25. The Morgan fingerprint density at radius 3 is 2.38 bits per heavy atom. The molecule has 3 rings (SSSR count). The fourth-order valence-corrected chi connectivity index (χ4v) is 3.70. The molecule has 2 aromatic rings. The van der Waals surface area contributed by atoms with Crippen LogP contribution >= 0.6 is 11.6 Å². The summed E-state index contributed by atoms with van der Waals surface area (Å²) in [5.74, 6) is -0.442. The first-order chi connectivity index (χ1) is 13.9. The van der Waals surface area contributed by atoms with Crippen molar-refractivity contribution in [2.24, 2.45) is 0 Å². The molecule has 0 aliphatic carbocycles. The highest BCUT2D eigenvalue weighted by atomic mass is 35.5. The van der Waals surface area contributed by atoms with Crippen molar-refractivity contribution < 1.29 is 14.0 Å². The van der Waals surface area contributed by atoms with Crippen LogP contribution in [0.25, 0.3) is 0 Å². The standard InChI is InChI=1S/C22H25ClFN3O2/c1-16(28)25-21(17-3-5-18(23)6-4-17)15-22(29)27-12-2-11-26(13-14-27)20-9-7-19(24)8-10-20/h3-10,21H,2,11-15H2,1H3,(H,25,28). The monoisotopic (exact) mass is 417 g/mol. The van der Waals surface area contributed by atoms with Gasteiger partial charge in [-0.05, 0) is 48.4 Å². The Bertz CT molecular complexity index is 842. The number of hydrogen-bond donors (Lipinski definition) is 1. The van der Waals surface area contributed by atoms with Crippen LogP contribution < -0.4 is 10.2 Å². The molecule has 1 atom stereocenters. The van der Waals surface area contributed by atoms with Gasteiger partial charge in [0.05, 0.1) is 12.5 Å². The van der Waals surface area contributed by atoms with Gasteiger partial charge < -0.3 is 15.1 Å². The number of nitrogens with one attached hydrogen (secondary N) is 1. The molecule has 1 unspecified atom stereocenters. The number of benzene rings is 2. The minimum absolute atomic E-state index is 0.000318. The fraction of sp³-hybridized carbons (Fsp3) is 0.364. The van der Waals surface area contributed by atoms with Crippen molar-refractivity contribution >= 4 is 29.1 Å². The van der Waals surface area contributed by atoms with E-state index in [0.717, 1.165) is 24.2 Å². The van der Waals surface area contributed by atoms with Gasteiger partial charge in [0, 0.05) is 43.8 Å². The number of amides is 2. The number of carbonyl (C=O) groups is 2. The lowest BCUT2D eigenvalue weighted by molar-refractivity contribution is -0.131. The lowest BCUT2D eigenvalue weighted by atomic mass is 10.0. The SMILES string of the molecule is CC(=O)NC(CC(=O)N1CCCN(c2ccc(F)cc2)CC1)c1ccc(Cl)cc1. The van der Waals surface area contributed by atoms with Crippen molar-refractivity contribution in [2.75, 3.05) is 31.1 Å². The van der Waals surface area contributed by atoms with Crippen LogP contribution in [0.3, 0.4) is 0 Å². The summed E-state index contributed by atoms with van der Waals surface area (Å²) in [6.45, 7) is 4.18. The Morgan fingerprint density at radius 1 is 1.03 bits per heavy atom. The van der Waals surface area contributed by atoms with E-state index in [-0.39, 0.29) is 24.1 Å². The fourth-order valence-electron chi connectivity index (χ4n) is 3.57. The molecule has 0 bridgehead atoms. The Morgan fingerprint density at radius 2 is 1.72 bits per heavy atom. The third-order valence-electron chi connectivity index (χ3n) is 5.07. The molecule has 29 heavy (non-hydrogen) atoms. The highest BCUT2D eigenvalue weighted by molar-refractivity contribution is 6.30. The van der Waals surface area contributed by atoms with Gasteiger partial charge in [-0.1, -0.05) is 23.7 Å². The summed E-state index contributed by atoms with van der Waals surface area (Å²) >= 11 is 5.95. The molecule has 1 aliphatic heterocycles. The number of nitrogens with zero attached hydrogens (tertiary/aromatic N) is 2. The van der Waals surface area contributed by atoms with Crippen LogP contribution in [0.1, 0.15) is 31.4 Å². The second-order valence-electron chi connectivity index (χ2n) is 7.21. The van der Waals surface area contributed by atoms with Crippen molar-refractivity contribution in [3.63, 3.8) is 0 Å². The van der Waals surface area contributed by atoms with Crippen LogP contribution in [-0.4, -0.2) is 42.9 Å². The summed E-state index contributed by atoms with van der Waals surface area (Å²) in [4.78, 5) is 28.6. The first-order valence-electron chi connectivity index (χ1n) is 9.73. The van der Waals surface area contributed by atoms with Crippen molar-refractivity contribution in [3.8, 4) is 0 Å². The van der Waals surface area contributed by atoms with Gasteiger partial charge >= 0.3 is 0 Å². The normalized spacial score (nSPS) is 15.6. The highest BCUT2D eigenvalue weighted by Gasteiger charge is 2.23. The van der Waals surface area contributed by atoms with Gasteiger partial charge in [0.15, 0.2) is 0 Å². The Balaban J connectivity index is 1.64. The maximum Gasteiger partial charge on any atom is 0.225 e. The lowest BCUT2D eigenvalue weighted by Crippen LogP contribution is -2.38. The van der Waals surface area contributed by atoms with Gasteiger partial charge in [-0.3, -0.25) is 9.59 Å². The van der Waals surface area contributed by atoms with Crippen molar-refractivity contribution in [2.45, 2.75) is 25.8 Å². The maximum atomic E-state index is 13.2. The maximum absolute atomic E-state index is 13.2. The third-order valence-corrected chi connectivity index (χ3v) is 5.32. The van der Waals surface area contributed by atoms with Crippen molar-refractivity contribution in [1.82, 2.24) is 10.2 Å². The van der Waals surface area contributed by atoms with Gasteiger partial charge in [0.25, 0.3) is 0 Å². The zero-order chi connectivity index (χ0) is 20.8. The topological polar surface area (TPSA) is 52.7 Å².